The van der Waals surface area contributed by atoms with Crippen molar-refractivity contribution in [3.05, 3.63) is 60.2 Å². The quantitative estimate of drug-likeness (QED) is 0.620. The SMILES string of the molecule is CCCS(=O)(=O)c1ccc(NC(=O)c2nnc(Nc3ccccc3F)o2)cc1. The third-order valence-corrected chi connectivity index (χ3v) is 5.61. The van der Waals surface area contributed by atoms with Gasteiger partial charge in [0.2, 0.25) is 0 Å². The number of aromatic nitrogens is 2. The molecule has 0 aliphatic rings. The van der Waals surface area contributed by atoms with Crippen molar-refractivity contribution in [2.24, 2.45) is 0 Å². The fourth-order valence-corrected chi connectivity index (χ4v) is 3.68. The van der Waals surface area contributed by atoms with Crippen LogP contribution in [0.15, 0.2) is 57.8 Å². The molecule has 3 rings (SSSR count). The average Bonchev–Trinajstić information content (AvgIpc) is 3.13. The van der Waals surface area contributed by atoms with Crippen LogP contribution in [0.3, 0.4) is 0 Å². The number of hydrogen-bond acceptors (Lipinski definition) is 7. The first-order valence-corrected chi connectivity index (χ1v) is 10.0. The van der Waals surface area contributed by atoms with Gasteiger partial charge in [0, 0.05) is 5.69 Å². The van der Waals surface area contributed by atoms with Crippen molar-refractivity contribution in [3.8, 4) is 0 Å². The molecule has 1 heterocycles. The summed E-state index contributed by atoms with van der Waals surface area (Å²) in [6, 6.07) is 11.5. The maximum atomic E-state index is 13.6. The number of rotatable bonds is 7. The molecule has 0 saturated heterocycles. The number of hydrogen-bond donors (Lipinski definition) is 2. The highest BCUT2D eigenvalue weighted by Crippen LogP contribution is 2.20. The first-order valence-electron chi connectivity index (χ1n) is 8.38. The molecule has 0 aliphatic heterocycles. The van der Waals surface area contributed by atoms with Crippen LogP contribution in [0.1, 0.15) is 24.0 Å². The molecule has 28 heavy (non-hydrogen) atoms. The lowest BCUT2D eigenvalue weighted by molar-refractivity contribution is 0.0991. The van der Waals surface area contributed by atoms with Gasteiger partial charge in [0.25, 0.3) is 0 Å². The number of nitrogens with zero attached hydrogens (tertiary/aromatic N) is 2. The molecule has 1 aromatic heterocycles. The van der Waals surface area contributed by atoms with E-state index >= 15 is 0 Å². The molecule has 0 atom stereocenters. The van der Waals surface area contributed by atoms with Gasteiger partial charge in [0.1, 0.15) is 5.82 Å². The molecule has 2 aromatic carbocycles. The minimum atomic E-state index is -3.33. The Bertz CT molecular complexity index is 1080. The Labute approximate surface area is 160 Å². The minimum Gasteiger partial charge on any atom is -0.399 e. The fraction of sp³-hybridized carbons (Fsp3) is 0.167. The third kappa shape index (κ3) is 4.52. The zero-order chi connectivity index (χ0) is 20.1. The monoisotopic (exact) mass is 404 g/mol. The van der Waals surface area contributed by atoms with Gasteiger partial charge in [0.15, 0.2) is 9.84 Å². The lowest BCUT2D eigenvalue weighted by atomic mass is 10.3. The average molecular weight is 404 g/mol. The molecule has 10 heteroatoms. The largest absolute Gasteiger partial charge is 0.399 e. The molecular weight excluding hydrogens is 387 g/mol. The van der Waals surface area contributed by atoms with Crippen molar-refractivity contribution in [1.29, 1.82) is 0 Å². The molecule has 2 N–H and O–H groups in total. The number of benzene rings is 2. The Kier molecular flexibility index (Phi) is 5.69. The van der Waals surface area contributed by atoms with E-state index in [0.29, 0.717) is 12.1 Å². The number of para-hydroxylation sites is 1. The summed E-state index contributed by atoms with van der Waals surface area (Å²) in [5.41, 5.74) is 0.490. The number of amides is 1. The number of anilines is 3. The molecule has 146 valence electrons. The van der Waals surface area contributed by atoms with E-state index in [2.05, 4.69) is 20.8 Å². The number of sulfone groups is 1. The van der Waals surface area contributed by atoms with Crippen molar-refractivity contribution in [3.63, 3.8) is 0 Å². The second-order valence-corrected chi connectivity index (χ2v) is 7.92. The Morgan fingerprint density at radius 2 is 1.82 bits per heavy atom. The molecule has 1 amide bonds. The highest BCUT2D eigenvalue weighted by atomic mass is 32.2. The molecular formula is C18H17FN4O4S. The van der Waals surface area contributed by atoms with E-state index in [4.69, 9.17) is 4.42 Å². The smallest absolute Gasteiger partial charge is 0.320 e. The fourth-order valence-electron chi connectivity index (χ4n) is 2.36. The molecule has 0 radical (unpaired) electrons. The first kappa shape index (κ1) is 19.5. The Balaban J connectivity index is 1.67. The molecule has 0 spiro atoms. The zero-order valence-corrected chi connectivity index (χ0v) is 15.7. The van der Waals surface area contributed by atoms with Crippen molar-refractivity contribution >= 4 is 33.1 Å². The summed E-state index contributed by atoms with van der Waals surface area (Å²) in [5, 5.41) is 12.4. The molecule has 0 aliphatic carbocycles. The summed E-state index contributed by atoms with van der Waals surface area (Å²) in [5.74, 6) is -1.47. The minimum absolute atomic E-state index is 0.0540. The molecule has 3 aromatic rings. The number of halogens is 1. The van der Waals surface area contributed by atoms with E-state index in [0.717, 1.165) is 0 Å². The lowest BCUT2D eigenvalue weighted by Gasteiger charge is -2.05. The highest BCUT2D eigenvalue weighted by Gasteiger charge is 2.17. The van der Waals surface area contributed by atoms with E-state index in [1.54, 1.807) is 13.0 Å². The lowest BCUT2D eigenvalue weighted by Crippen LogP contribution is -2.12. The molecule has 0 fully saturated rings. The Morgan fingerprint density at radius 3 is 2.50 bits per heavy atom. The van der Waals surface area contributed by atoms with Crippen molar-refractivity contribution in [2.75, 3.05) is 16.4 Å². The van der Waals surface area contributed by atoms with Crippen LogP contribution in [0.4, 0.5) is 21.8 Å². The normalized spacial score (nSPS) is 11.2. The van der Waals surface area contributed by atoms with Crippen LogP contribution in [0.2, 0.25) is 0 Å². The van der Waals surface area contributed by atoms with Crippen LogP contribution in [-0.4, -0.2) is 30.3 Å². The Hall–Kier alpha value is -3.27. The van der Waals surface area contributed by atoms with Crippen LogP contribution in [0.25, 0.3) is 0 Å². The first-order chi connectivity index (χ1) is 13.4. The Morgan fingerprint density at radius 1 is 1.11 bits per heavy atom. The van der Waals surface area contributed by atoms with Gasteiger partial charge in [-0.1, -0.05) is 24.2 Å². The van der Waals surface area contributed by atoms with Gasteiger partial charge in [-0.05, 0) is 42.8 Å². The van der Waals surface area contributed by atoms with E-state index in [9.17, 15) is 17.6 Å². The standard InChI is InChI=1S/C18H17FN4O4S/c1-2-11-28(25,26)13-9-7-12(8-10-13)20-16(24)17-22-23-18(27-17)21-15-6-4-3-5-14(15)19/h3-10H,2,11H2,1H3,(H,20,24)(H,21,23). The van der Waals surface area contributed by atoms with Gasteiger partial charge in [0.05, 0.1) is 16.3 Å². The van der Waals surface area contributed by atoms with Crippen LogP contribution in [0, 0.1) is 5.82 Å². The van der Waals surface area contributed by atoms with Gasteiger partial charge >= 0.3 is 17.8 Å². The predicted molar refractivity (Wildman–Crippen MR) is 101 cm³/mol. The second-order valence-electron chi connectivity index (χ2n) is 5.81. The van der Waals surface area contributed by atoms with Crippen LogP contribution >= 0.6 is 0 Å². The zero-order valence-electron chi connectivity index (χ0n) is 14.8. The summed E-state index contributed by atoms with van der Waals surface area (Å²) in [7, 11) is -3.33. The van der Waals surface area contributed by atoms with Crippen molar-refractivity contribution < 1.29 is 22.0 Å². The summed E-state index contributed by atoms with van der Waals surface area (Å²) < 4.78 is 42.8. The summed E-state index contributed by atoms with van der Waals surface area (Å²) in [4.78, 5) is 12.4. The maximum absolute atomic E-state index is 13.6. The van der Waals surface area contributed by atoms with Gasteiger partial charge < -0.3 is 15.1 Å². The molecule has 0 bridgehead atoms. The third-order valence-electron chi connectivity index (χ3n) is 3.68. The van der Waals surface area contributed by atoms with Gasteiger partial charge in [-0.25, -0.2) is 12.8 Å². The van der Waals surface area contributed by atoms with Gasteiger partial charge in [-0.15, -0.1) is 5.10 Å². The number of carbonyl (C=O) groups excluding carboxylic acids is 1. The maximum Gasteiger partial charge on any atom is 0.320 e. The second kappa shape index (κ2) is 8.17. The highest BCUT2D eigenvalue weighted by molar-refractivity contribution is 7.91. The molecule has 8 nitrogen and oxygen atoms in total. The number of nitrogens with one attached hydrogen (secondary N) is 2. The van der Waals surface area contributed by atoms with Crippen LogP contribution < -0.4 is 10.6 Å². The predicted octanol–water partition coefficient (Wildman–Crippen LogP) is 3.39. The van der Waals surface area contributed by atoms with Crippen molar-refractivity contribution in [2.45, 2.75) is 18.2 Å². The molecule has 0 saturated carbocycles. The van der Waals surface area contributed by atoms with Gasteiger partial charge in [-0.2, -0.15) is 0 Å². The summed E-state index contributed by atoms with van der Waals surface area (Å²) >= 11 is 0. The summed E-state index contributed by atoms with van der Waals surface area (Å²) in [6.07, 6.45) is 0.515. The van der Waals surface area contributed by atoms with Crippen molar-refractivity contribution in [1.82, 2.24) is 10.2 Å². The number of carbonyl (C=O) groups is 1. The van der Waals surface area contributed by atoms with Crippen LogP contribution in [-0.2, 0) is 9.84 Å². The van der Waals surface area contributed by atoms with Gasteiger partial charge in [-0.3, -0.25) is 4.79 Å². The van der Waals surface area contributed by atoms with E-state index in [-0.39, 0.29) is 28.2 Å². The van der Waals surface area contributed by atoms with Crippen LogP contribution in [0.5, 0.6) is 0 Å². The topological polar surface area (TPSA) is 114 Å². The van der Waals surface area contributed by atoms with E-state index in [1.165, 1.54) is 42.5 Å². The van der Waals surface area contributed by atoms with E-state index in [1.807, 2.05) is 0 Å². The molecule has 0 unspecified atom stereocenters. The summed E-state index contributed by atoms with van der Waals surface area (Å²) in [6.45, 7) is 1.78. The van der Waals surface area contributed by atoms with E-state index < -0.39 is 21.6 Å².